The maximum absolute atomic E-state index is 14.3. The topological polar surface area (TPSA) is 99.4 Å². The zero-order valence-electron chi connectivity index (χ0n) is 13.6. The first-order chi connectivity index (χ1) is 12.4. The van der Waals surface area contributed by atoms with Crippen LogP contribution in [0, 0.1) is 23.0 Å². The summed E-state index contributed by atoms with van der Waals surface area (Å²) >= 11 is 0. The lowest BCUT2D eigenvalue weighted by Gasteiger charge is -2.18. The number of ether oxygens (including phenoxy) is 1. The molecule has 8 heteroatoms. The molecule has 0 saturated carbocycles. The molecule has 134 valence electrons. The largest absolute Gasteiger partial charge is 0.478 e. The zero-order chi connectivity index (χ0) is 19.3. The first-order valence-corrected chi connectivity index (χ1v) is 7.39. The van der Waals surface area contributed by atoms with Gasteiger partial charge in [0.1, 0.15) is 11.6 Å². The molecule has 0 saturated heterocycles. The summed E-state index contributed by atoms with van der Waals surface area (Å²) in [5.74, 6) is -4.88. The molecule has 2 N–H and O–H groups in total. The van der Waals surface area contributed by atoms with Crippen molar-refractivity contribution in [1.82, 2.24) is 5.32 Å². The highest BCUT2D eigenvalue weighted by atomic mass is 19.1. The number of aromatic carboxylic acids is 1. The van der Waals surface area contributed by atoms with Crippen molar-refractivity contribution in [3.8, 4) is 6.07 Å². The number of amides is 1. The monoisotopic (exact) mass is 360 g/mol. The number of rotatable bonds is 6. The summed E-state index contributed by atoms with van der Waals surface area (Å²) in [6.07, 6.45) is -1.66. The fourth-order valence-corrected chi connectivity index (χ4v) is 2.31. The van der Waals surface area contributed by atoms with Crippen LogP contribution in [0.3, 0.4) is 0 Å². The summed E-state index contributed by atoms with van der Waals surface area (Å²) in [5, 5.41) is 20.1. The number of carboxylic acid groups (broad SMARTS) is 1. The molecule has 0 bridgehead atoms. The van der Waals surface area contributed by atoms with Crippen LogP contribution in [-0.2, 0) is 16.1 Å². The molecule has 26 heavy (non-hydrogen) atoms. The van der Waals surface area contributed by atoms with Gasteiger partial charge in [-0.3, -0.25) is 4.79 Å². The molecule has 2 aromatic carbocycles. The summed E-state index contributed by atoms with van der Waals surface area (Å²) in [6.45, 7) is 0.0340. The van der Waals surface area contributed by atoms with Crippen LogP contribution in [0.1, 0.15) is 33.2 Å². The zero-order valence-corrected chi connectivity index (χ0v) is 13.6. The molecule has 1 unspecified atom stereocenters. The second-order valence-corrected chi connectivity index (χ2v) is 5.27. The number of nitrogens with zero attached hydrogens (tertiary/aromatic N) is 1. The average Bonchev–Trinajstić information content (AvgIpc) is 2.63. The molecule has 2 rings (SSSR count). The number of methoxy groups -OCH3 is 1. The number of hydrogen-bond donors (Lipinski definition) is 2. The predicted molar refractivity (Wildman–Crippen MR) is 86.1 cm³/mol. The second kappa shape index (κ2) is 8.18. The van der Waals surface area contributed by atoms with Crippen molar-refractivity contribution >= 4 is 11.9 Å². The number of carboxylic acids is 1. The van der Waals surface area contributed by atoms with Crippen LogP contribution in [-0.4, -0.2) is 24.1 Å². The summed E-state index contributed by atoms with van der Waals surface area (Å²) < 4.78 is 33.2. The van der Waals surface area contributed by atoms with E-state index in [9.17, 15) is 18.4 Å². The normalized spacial score (nSPS) is 11.5. The number of benzene rings is 2. The van der Waals surface area contributed by atoms with Crippen molar-refractivity contribution in [1.29, 1.82) is 5.26 Å². The molecule has 1 amide bonds. The van der Waals surface area contributed by atoms with Gasteiger partial charge in [0.05, 0.1) is 22.8 Å². The van der Waals surface area contributed by atoms with Gasteiger partial charge in [0, 0.05) is 13.7 Å². The fraction of sp³-hybridized carbons (Fsp3) is 0.167. The minimum atomic E-state index is -1.66. The second-order valence-electron chi connectivity index (χ2n) is 5.27. The Kier molecular flexibility index (Phi) is 5.98. The molecule has 0 heterocycles. The van der Waals surface area contributed by atoms with Crippen molar-refractivity contribution < 1.29 is 28.2 Å². The van der Waals surface area contributed by atoms with Crippen LogP contribution in [0.15, 0.2) is 36.4 Å². The van der Waals surface area contributed by atoms with Crippen molar-refractivity contribution in [2.75, 3.05) is 7.11 Å². The molecule has 0 spiro atoms. The average molecular weight is 360 g/mol. The molecule has 0 aliphatic rings. The van der Waals surface area contributed by atoms with Crippen molar-refractivity contribution in [3.05, 3.63) is 70.3 Å². The quantitative estimate of drug-likeness (QED) is 0.825. The number of nitriles is 1. The van der Waals surface area contributed by atoms with E-state index in [1.54, 1.807) is 24.3 Å². The van der Waals surface area contributed by atoms with Gasteiger partial charge in [0.25, 0.3) is 5.91 Å². The van der Waals surface area contributed by atoms with E-state index in [0.29, 0.717) is 11.1 Å². The Bertz CT molecular complexity index is 876. The number of carbonyl (C=O) groups is 2. The summed E-state index contributed by atoms with van der Waals surface area (Å²) in [6, 6.07) is 9.85. The molecule has 2 aromatic rings. The van der Waals surface area contributed by atoms with Gasteiger partial charge < -0.3 is 15.2 Å². The molecule has 0 radical (unpaired) electrons. The first kappa shape index (κ1) is 19.0. The van der Waals surface area contributed by atoms with Crippen LogP contribution in [0.4, 0.5) is 8.78 Å². The van der Waals surface area contributed by atoms with E-state index in [2.05, 4.69) is 5.32 Å². The molecule has 0 aromatic heterocycles. The Balaban J connectivity index is 2.22. The highest BCUT2D eigenvalue weighted by Crippen LogP contribution is 2.26. The predicted octanol–water partition coefficient (Wildman–Crippen LogP) is 2.54. The van der Waals surface area contributed by atoms with Crippen LogP contribution in [0.5, 0.6) is 0 Å². The Morgan fingerprint density at radius 2 is 1.88 bits per heavy atom. The van der Waals surface area contributed by atoms with Gasteiger partial charge in [-0.25, -0.2) is 13.6 Å². The van der Waals surface area contributed by atoms with E-state index in [4.69, 9.17) is 15.1 Å². The lowest BCUT2D eigenvalue weighted by atomic mass is 10.0. The number of nitrogens with one attached hydrogen (secondary N) is 1. The van der Waals surface area contributed by atoms with Crippen LogP contribution in [0.25, 0.3) is 0 Å². The van der Waals surface area contributed by atoms with E-state index in [0.717, 1.165) is 19.2 Å². The van der Waals surface area contributed by atoms with E-state index < -0.39 is 40.7 Å². The highest BCUT2D eigenvalue weighted by molar-refractivity contribution is 5.89. The van der Waals surface area contributed by atoms with E-state index in [1.807, 2.05) is 6.07 Å². The van der Waals surface area contributed by atoms with E-state index in [1.165, 1.54) is 0 Å². The third-order valence-electron chi connectivity index (χ3n) is 3.64. The summed E-state index contributed by atoms with van der Waals surface area (Å²) in [4.78, 5) is 23.3. The van der Waals surface area contributed by atoms with Gasteiger partial charge in [-0.15, -0.1) is 0 Å². The van der Waals surface area contributed by atoms with E-state index in [-0.39, 0.29) is 6.54 Å². The third-order valence-corrected chi connectivity index (χ3v) is 3.64. The number of carbonyl (C=O) groups excluding carboxylic acids is 1. The molecular weight excluding hydrogens is 346 g/mol. The minimum Gasteiger partial charge on any atom is -0.478 e. The number of halogens is 2. The summed E-state index contributed by atoms with van der Waals surface area (Å²) in [7, 11) is 1.08. The van der Waals surface area contributed by atoms with Crippen molar-refractivity contribution in [2.45, 2.75) is 12.6 Å². The standard InChI is InChI=1S/C18H14F2N2O4/c1-26-16(14-13(19)7-6-12(15(14)20)18(24)25)17(23)22-9-11-4-2-10(8-21)3-5-11/h2-7,16H,9H2,1H3,(H,22,23)(H,24,25). The van der Waals surface area contributed by atoms with Crippen molar-refractivity contribution in [3.63, 3.8) is 0 Å². The van der Waals surface area contributed by atoms with Gasteiger partial charge >= 0.3 is 5.97 Å². The van der Waals surface area contributed by atoms with Gasteiger partial charge in [-0.05, 0) is 29.8 Å². The van der Waals surface area contributed by atoms with Gasteiger partial charge in [0.2, 0.25) is 0 Å². The molecule has 0 fully saturated rings. The Hall–Kier alpha value is -3.31. The Morgan fingerprint density at radius 3 is 2.42 bits per heavy atom. The smallest absolute Gasteiger partial charge is 0.338 e. The number of hydrogen-bond acceptors (Lipinski definition) is 4. The maximum Gasteiger partial charge on any atom is 0.338 e. The lowest BCUT2D eigenvalue weighted by molar-refractivity contribution is -0.131. The lowest BCUT2D eigenvalue weighted by Crippen LogP contribution is -2.31. The molecule has 0 aliphatic carbocycles. The van der Waals surface area contributed by atoms with Crippen LogP contribution in [0.2, 0.25) is 0 Å². The third kappa shape index (κ3) is 4.02. The SMILES string of the molecule is COC(C(=O)NCc1ccc(C#N)cc1)c1c(F)ccc(C(=O)O)c1F. The van der Waals surface area contributed by atoms with Gasteiger partial charge in [-0.2, -0.15) is 5.26 Å². The fourth-order valence-electron chi connectivity index (χ4n) is 2.31. The van der Waals surface area contributed by atoms with Crippen molar-refractivity contribution in [2.24, 2.45) is 0 Å². The summed E-state index contributed by atoms with van der Waals surface area (Å²) in [5.41, 5.74) is -0.426. The molecule has 0 aliphatic heterocycles. The Morgan fingerprint density at radius 1 is 1.23 bits per heavy atom. The Labute approximate surface area is 147 Å². The van der Waals surface area contributed by atoms with Crippen LogP contribution < -0.4 is 5.32 Å². The van der Waals surface area contributed by atoms with E-state index >= 15 is 0 Å². The van der Waals surface area contributed by atoms with Gasteiger partial charge in [0.15, 0.2) is 6.10 Å². The minimum absolute atomic E-state index is 0.0340. The first-order valence-electron chi connectivity index (χ1n) is 7.39. The van der Waals surface area contributed by atoms with Gasteiger partial charge in [-0.1, -0.05) is 12.1 Å². The molecule has 6 nitrogen and oxygen atoms in total. The highest BCUT2D eigenvalue weighted by Gasteiger charge is 2.29. The molecule has 1 atom stereocenters. The molecular formula is C18H14F2N2O4. The van der Waals surface area contributed by atoms with Crippen LogP contribution >= 0.6 is 0 Å². The maximum atomic E-state index is 14.3.